The van der Waals surface area contributed by atoms with Crippen LogP contribution in [-0.4, -0.2) is 24.0 Å². The summed E-state index contributed by atoms with van der Waals surface area (Å²) >= 11 is 0. The van der Waals surface area contributed by atoms with Gasteiger partial charge < -0.3 is 9.47 Å². The fraction of sp³-hybridized carbons (Fsp3) is 0.500. The van der Waals surface area contributed by atoms with E-state index >= 15 is 0 Å². The van der Waals surface area contributed by atoms with Crippen LogP contribution in [0.25, 0.3) is 0 Å². The molecule has 0 unspecified atom stereocenters. The molecule has 0 N–H and O–H groups in total. The van der Waals surface area contributed by atoms with Gasteiger partial charge in [0.1, 0.15) is 5.60 Å². The molecule has 100 valence electrons. The molecule has 2 heterocycles. The van der Waals surface area contributed by atoms with Gasteiger partial charge in [0, 0.05) is 18.0 Å². The van der Waals surface area contributed by atoms with Crippen molar-refractivity contribution in [1.29, 1.82) is 0 Å². The van der Waals surface area contributed by atoms with Crippen molar-refractivity contribution in [3.8, 4) is 0 Å². The topological polar surface area (TPSA) is 65.5 Å². The van der Waals surface area contributed by atoms with Crippen LogP contribution in [0.5, 0.6) is 0 Å². The number of aromatic nitrogens is 1. The second kappa shape index (κ2) is 4.33. The van der Waals surface area contributed by atoms with E-state index in [1.807, 2.05) is 0 Å². The Labute approximate surface area is 110 Å². The molecule has 0 aromatic carbocycles. The molecule has 2 aliphatic rings. The summed E-state index contributed by atoms with van der Waals surface area (Å²) in [6, 6.07) is 1.69. The number of hydrogen-bond acceptors (Lipinski definition) is 5. The third-order valence-corrected chi connectivity index (χ3v) is 4.15. The molecule has 1 aliphatic heterocycles. The molecule has 19 heavy (non-hydrogen) atoms. The maximum Gasteiger partial charge on any atom is 0.339 e. The standard InChI is InChI=1S/C14H15NO4/c1-18-12(16)9-2-5-14(6-3-9)11-8-15-7-4-10(11)13(17)19-14/h4,7-9H,2-3,5-6H2,1H3. The fourth-order valence-corrected chi connectivity index (χ4v) is 3.08. The first-order valence-corrected chi connectivity index (χ1v) is 6.42. The van der Waals surface area contributed by atoms with Crippen LogP contribution in [0.2, 0.25) is 0 Å². The van der Waals surface area contributed by atoms with Crippen molar-refractivity contribution in [2.75, 3.05) is 7.11 Å². The van der Waals surface area contributed by atoms with Gasteiger partial charge in [-0.1, -0.05) is 0 Å². The van der Waals surface area contributed by atoms with Gasteiger partial charge in [0.15, 0.2) is 0 Å². The number of esters is 2. The van der Waals surface area contributed by atoms with E-state index < -0.39 is 5.60 Å². The lowest BCUT2D eigenvalue weighted by atomic mass is 9.75. The summed E-state index contributed by atoms with van der Waals surface area (Å²) in [6.45, 7) is 0. The smallest absolute Gasteiger partial charge is 0.339 e. The minimum absolute atomic E-state index is 0.0879. The normalized spacial score (nSPS) is 28.9. The molecule has 1 aliphatic carbocycles. The lowest BCUT2D eigenvalue weighted by molar-refractivity contribution is -0.148. The van der Waals surface area contributed by atoms with E-state index in [0.717, 1.165) is 5.56 Å². The number of ether oxygens (including phenoxy) is 2. The molecule has 0 amide bonds. The lowest BCUT2D eigenvalue weighted by Gasteiger charge is -2.35. The Bertz CT molecular complexity index is 532. The second-order valence-corrected chi connectivity index (χ2v) is 5.10. The maximum absolute atomic E-state index is 11.9. The van der Waals surface area contributed by atoms with Crippen LogP contribution in [0.3, 0.4) is 0 Å². The molecule has 0 bridgehead atoms. The Morgan fingerprint density at radius 2 is 2.21 bits per heavy atom. The lowest BCUT2D eigenvalue weighted by Crippen LogP contribution is -2.34. The highest BCUT2D eigenvalue weighted by Gasteiger charge is 2.48. The van der Waals surface area contributed by atoms with Crippen molar-refractivity contribution in [3.05, 3.63) is 29.6 Å². The summed E-state index contributed by atoms with van der Waals surface area (Å²) < 4.78 is 10.4. The van der Waals surface area contributed by atoms with Gasteiger partial charge in [-0.25, -0.2) is 4.79 Å². The van der Waals surface area contributed by atoms with Crippen LogP contribution in [-0.2, 0) is 19.9 Å². The van der Waals surface area contributed by atoms with E-state index in [1.54, 1.807) is 18.5 Å². The van der Waals surface area contributed by atoms with E-state index in [-0.39, 0.29) is 17.9 Å². The second-order valence-electron chi connectivity index (χ2n) is 5.10. The molecule has 1 aromatic heterocycles. The zero-order chi connectivity index (χ0) is 13.5. The molecule has 3 rings (SSSR count). The minimum Gasteiger partial charge on any atom is -0.469 e. The van der Waals surface area contributed by atoms with Crippen molar-refractivity contribution < 1.29 is 19.1 Å². The van der Waals surface area contributed by atoms with E-state index in [2.05, 4.69) is 4.98 Å². The number of carbonyl (C=O) groups is 2. The highest BCUT2D eigenvalue weighted by atomic mass is 16.6. The van der Waals surface area contributed by atoms with Gasteiger partial charge in [-0.05, 0) is 31.7 Å². The van der Waals surface area contributed by atoms with Crippen molar-refractivity contribution in [2.45, 2.75) is 31.3 Å². The molecule has 0 saturated heterocycles. The highest BCUT2D eigenvalue weighted by molar-refractivity contribution is 5.94. The predicted molar refractivity (Wildman–Crippen MR) is 65.3 cm³/mol. The first-order chi connectivity index (χ1) is 9.16. The maximum atomic E-state index is 11.9. The number of nitrogens with zero attached hydrogens (tertiary/aromatic N) is 1. The first kappa shape index (κ1) is 12.1. The fourth-order valence-electron chi connectivity index (χ4n) is 3.08. The molecule has 0 atom stereocenters. The number of fused-ring (bicyclic) bond motifs is 2. The Kier molecular flexibility index (Phi) is 2.77. The summed E-state index contributed by atoms with van der Waals surface area (Å²) in [5, 5.41) is 0. The van der Waals surface area contributed by atoms with E-state index in [1.165, 1.54) is 7.11 Å². The zero-order valence-corrected chi connectivity index (χ0v) is 10.7. The molecule has 5 nitrogen and oxygen atoms in total. The summed E-state index contributed by atoms with van der Waals surface area (Å²) in [5.41, 5.74) is 0.889. The van der Waals surface area contributed by atoms with Crippen LogP contribution < -0.4 is 0 Å². The number of rotatable bonds is 1. The average molecular weight is 261 g/mol. The molecular weight excluding hydrogens is 246 g/mol. The summed E-state index contributed by atoms with van der Waals surface area (Å²) in [5.74, 6) is -0.547. The number of methoxy groups -OCH3 is 1. The Balaban J connectivity index is 1.85. The SMILES string of the molecule is COC(=O)C1CCC2(CC1)OC(=O)c1ccncc12. The van der Waals surface area contributed by atoms with Gasteiger partial charge >= 0.3 is 11.9 Å². The van der Waals surface area contributed by atoms with Crippen molar-refractivity contribution in [2.24, 2.45) is 5.92 Å². The number of pyridine rings is 1. The largest absolute Gasteiger partial charge is 0.469 e. The Morgan fingerprint density at radius 3 is 2.89 bits per heavy atom. The van der Waals surface area contributed by atoms with Gasteiger partial charge in [0.05, 0.1) is 18.6 Å². The van der Waals surface area contributed by atoms with E-state index in [0.29, 0.717) is 31.2 Å². The van der Waals surface area contributed by atoms with Crippen LogP contribution in [0, 0.1) is 5.92 Å². The zero-order valence-electron chi connectivity index (χ0n) is 10.7. The van der Waals surface area contributed by atoms with E-state index in [9.17, 15) is 9.59 Å². The molecule has 1 spiro atoms. The first-order valence-electron chi connectivity index (χ1n) is 6.42. The van der Waals surface area contributed by atoms with Gasteiger partial charge in [0.2, 0.25) is 0 Å². The van der Waals surface area contributed by atoms with E-state index in [4.69, 9.17) is 9.47 Å². The molecular formula is C14H15NO4. The van der Waals surface area contributed by atoms with Gasteiger partial charge in [-0.3, -0.25) is 9.78 Å². The van der Waals surface area contributed by atoms with Crippen LogP contribution in [0.1, 0.15) is 41.6 Å². The van der Waals surface area contributed by atoms with Crippen LogP contribution >= 0.6 is 0 Å². The molecule has 1 fully saturated rings. The third-order valence-electron chi connectivity index (χ3n) is 4.15. The predicted octanol–water partition coefficient (Wildman–Crippen LogP) is 1.81. The van der Waals surface area contributed by atoms with Gasteiger partial charge in [-0.15, -0.1) is 0 Å². The third kappa shape index (κ3) is 1.80. The minimum atomic E-state index is -0.578. The number of hydrogen-bond donors (Lipinski definition) is 0. The molecule has 1 saturated carbocycles. The molecule has 1 aromatic rings. The monoisotopic (exact) mass is 261 g/mol. The molecule has 5 heteroatoms. The van der Waals surface area contributed by atoms with Gasteiger partial charge in [0.25, 0.3) is 0 Å². The summed E-state index contributed by atoms with van der Waals surface area (Å²) in [7, 11) is 1.40. The van der Waals surface area contributed by atoms with Crippen molar-refractivity contribution in [1.82, 2.24) is 4.98 Å². The molecule has 0 radical (unpaired) electrons. The summed E-state index contributed by atoms with van der Waals surface area (Å²) in [4.78, 5) is 27.5. The van der Waals surface area contributed by atoms with Crippen LogP contribution in [0.4, 0.5) is 0 Å². The quantitative estimate of drug-likeness (QED) is 0.721. The Hall–Kier alpha value is -1.91. The van der Waals surface area contributed by atoms with Crippen molar-refractivity contribution in [3.63, 3.8) is 0 Å². The Morgan fingerprint density at radius 1 is 1.47 bits per heavy atom. The van der Waals surface area contributed by atoms with Gasteiger partial charge in [-0.2, -0.15) is 0 Å². The van der Waals surface area contributed by atoms with Crippen molar-refractivity contribution >= 4 is 11.9 Å². The summed E-state index contributed by atoms with van der Waals surface area (Å²) in [6.07, 6.45) is 5.95. The van der Waals surface area contributed by atoms with Crippen LogP contribution in [0.15, 0.2) is 18.5 Å². The average Bonchev–Trinajstić information content (AvgIpc) is 2.72. The number of carbonyl (C=O) groups excluding carboxylic acids is 2. The highest BCUT2D eigenvalue weighted by Crippen LogP contribution is 2.47.